The first kappa shape index (κ1) is 44.0. The number of benzene rings is 8. The van der Waals surface area contributed by atoms with Gasteiger partial charge in [-0.3, -0.25) is 4.68 Å². The molecule has 0 bridgehead atoms. The van der Waals surface area contributed by atoms with E-state index in [1.165, 1.54) is 44.5 Å². The quantitative estimate of drug-likeness (QED) is 0.108. The van der Waals surface area contributed by atoms with E-state index >= 15 is 0 Å². The first-order chi connectivity index (χ1) is 33.2. The first-order valence-electron chi connectivity index (χ1n) is 22.9. The molecule has 0 aliphatic rings. The van der Waals surface area contributed by atoms with Crippen molar-refractivity contribution in [2.75, 3.05) is 0 Å². The van der Waals surface area contributed by atoms with E-state index in [1.54, 1.807) is 0 Å². The Kier molecular flexibility index (Phi) is 13.2. The summed E-state index contributed by atoms with van der Waals surface area (Å²) in [6.07, 6.45) is 9.50. The average Bonchev–Trinajstić information content (AvgIpc) is 3.85. The summed E-state index contributed by atoms with van der Waals surface area (Å²) in [4.78, 5) is 9.91. The normalized spacial score (nSPS) is 11.1. The van der Waals surface area contributed by atoms with Crippen molar-refractivity contribution in [3.8, 4) is 72.7 Å². The monoisotopic (exact) mass is 1050 g/mol. The van der Waals surface area contributed by atoms with Crippen molar-refractivity contribution in [2.45, 2.75) is 25.7 Å². The second kappa shape index (κ2) is 20.4. The Bertz CT molecular complexity index is 3420. The van der Waals surface area contributed by atoms with Crippen LogP contribution in [0.2, 0.25) is 0 Å². The standard InChI is InChI=1S/C63H45N4.Ir/c1-4-14-49(15-5-1)50-31-33-51(34-32-50)59-41-62(53-18-8-3-9-19-53)65-44-60(59)58-22-12-11-21-57(58)55-39-47(26-24-45-28-35-56(36-29-45)67-63-23-13-10-20-54(63)43-66-67)38-48(40-55)27-25-46-30-37-61(64-42-46)52-16-6-2-7-17-52;/h1-16,18,20-23,28-35,37-44H,24-27H2;/q-3;+3. The molecule has 68 heavy (non-hydrogen) atoms. The molecule has 3 aromatic heterocycles. The molecule has 0 amide bonds. The maximum Gasteiger partial charge on any atom is 3.00 e. The minimum absolute atomic E-state index is 0. The number of fused-ring (bicyclic) bond motifs is 1. The third kappa shape index (κ3) is 9.68. The van der Waals surface area contributed by atoms with Crippen LogP contribution in [0.15, 0.2) is 225 Å². The van der Waals surface area contributed by atoms with Gasteiger partial charge in [-0.2, -0.15) is 28.9 Å². The van der Waals surface area contributed by atoms with E-state index in [4.69, 9.17) is 9.97 Å². The Morgan fingerprint density at radius 1 is 0.382 bits per heavy atom. The summed E-state index contributed by atoms with van der Waals surface area (Å²) in [6.45, 7) is 0. The molecule has 0 spiro atoms. The van der Waals surface area contributed by atoms with E-state index in [0.29, 0.717) is 0 Å². The predicted octanol–water partition coefficient (Wildman–Crippen LogP) is 14.8. The molecule has 0 saturated heterocycles. The second-order valence-corrected chi connectivity index (χ2v) is 16.9. The van der Waals surface area contributed by atoms with Gasteiger partial charge in [0.25, 0.3) is 0 Å². The molecule has 3 heterocycles. The van der Waals surface area contributed by atoms with Gasteiger partial charge in [-0.15, -0.1) is 77.9 Å². The number of pyridine rings is 2. The van der Waals surface area contributed by atoms with Crippen LogP contribution >= 0.6 is 0 Å². The Balaban J connectivity index is 0.00000539. The molecule has 0 fully saturated rings. The molecule has 8 aromatic carbocycles. The van der Waals surface area contributed by atoms with E-state index in [0.717, 1.165) is 87.0 Å². The van der Waals surface area contributed by atoms with Crippen molar-refractivity contribution in [3.05, 3.63) is 265 Å². The molecule has 4 nitrogen and oxygen atoms in total. The Hall–Kier alpha value is -7.82. The van der Waals surface area contributed by atoms with E-state index in [-0.39, 0.29) is 20.1 Å². The predicted molar refractivity (Wildman–Crippen MR) is 273 cm³/mol. The fraction of sp³-hybridized carbons (Fsp3) is 0.0635. The van der Waals surface area contributed by atoms with Gasteiger partial charge in [0.05, 0.1) is 11.7 Å². The van der Waals surface area contributed by atoms with Crippen LogP contribution < -0.4 is 0 Å². The van der Waals surface area contributed by atoms with E-state index in [1.807, 2.05) is 65.6 Å². The molecule has 326 valence electrons. The van der Waals surface area contributed by atoms with Crippen LogP contribution in [0, 0.1) is 18.2 Å². The maximum absolute atomic E-state index is 5.09. The number of aromatic nitrogens is 4. The molecule has 11 aromatic rings. The van der Waals surface area contributed by atoms with Crippen LogP contribution in [-0.2, 0) is 45.8 Å². The zero-order valence-corrected chi connectivity index (χ0v) is 39.7. The summed E-state index contributed by atoms with van der Waals surface area (Å²) >= 11 is 0. The second-order valence-electron chi connectivity index (χ2n) is 16.9. The maximum atomic E-state index is 5.09. The van der Waals surface area contributed by atoms with Gasteiger partial charge in [0.15, 0.2) is 0 Å². The Morgan fingerprint density at radius 2 is 1.00 bits per heavy atom. The van der Waals surface area contributed by atoms with Gasteiger partial charge in [-0.1, -0.05) is 140 Å². The molecule has 0 radical (unpaired) electrons. The molecule has 0 unspecified atom stereocenters. The minimum Gasteiger partial charge on any atom is -0.304 e. The molecular formula is C63H45IrN4. The van der Waals surface area contributed by atoms with Crippen LogP contribution in [-0.4, -0.2) is 19.7 Å². The molecule has 11 rings (SSSR count). The van der Waals surface area contributed by atoms with Crippen LogP contribution in [0.4, 0.5) is 0 Å². The van der Waals surface area contributed by atoms with Crippen molar-refractivity contribution in [3.63, 3.8) is 0 Å². The number of rotatable bonds is 13. The van der Waals surface area contributed by atoms with E-state index in [2.05, 4.69) is 187 Å². The fourth-order valence-corrected chi connectivity index (χ4v) is 9.02. The Morgan fingerprint density at radius 3 is 1.71 bits per heavy atom. The molecule has 0 aliphatic carbocycles. The summed E-state index contributed by atoms with van der Waals surface area (Å²) in [5.41, 5.74) is 20.0. The molecule has 5 heteroatoms. The van der Waals surface area contributed by atoms with E-state index in [9.17, 15) is 0 Å². The van der Waals surface area contributed by atoms with Crippen LogP contribution in [0.1, 0.15) is 22.3 Å². The van der Waals surface area contributed by atoms with Gasteiger partial charge in [0.1, 0.15) is 0 Å². The summed E-state index contributed by atoms with van der Waals surface area (Å²) in [5, 5.41) is 5.77. The van der Waals surface area contributed by atoms with Crippen molar-refractivity contribution in [1.82, 2.24) is 19.7 Å². The van der Waals surface area contributed by atoms with Crippen LogP contribution in [0.5, 0.6) is 0 Å². The summed E-state index contributed by atoms with van der Waals surface area (Å²) in [5.74, 6) is 0. The zero-order valence-electron chi connectivity index (χ0n) is 37.3. The summed E-state index contributed by atoms with van der Waals surface area (Å²) in [7, 11) is 0. The first-order valence-corrected chi connectivity index (χ1v) is 22.9. The summed E-state index contributed by atoms with van der Waals surface area (Å²) in [6, 6.07) is 83.0. The van der Waals surface area contributed by atoms with Gasteiger partial charge in [0, 0.05) is 23.3 Å². The number of aryl methyl sites for hydroxylation is 4. The van der Waals surface area contributed by atoms with Gasteiger partial charge < -0.3 is 9.97 Å². The minimum atomic E-state index is 0. The number of hydrogen-bond donors (Lipinski definition) is 0. The smallest absolute Gasteiger partial charge is 0.304 e. The van der Waals surface area contributed by atoms with Crippen molar-refractivity contribution >= 4 is 10.9 Å². The molecule has 0 saturated carbocycles. The van der Waals surface area contributed by atoms with Crippen molar-refractivity contribution < 1.29 is 20.1 Å². The molecular weight excluding hydrogens is 1000 g/mol. The third-order valence-corrected chi connectivity index (χ3v) is 12.6. The van der Waals surface area contributed by atoms with Gasteiger partial charge in [0.2, 0.25) is 0 Å². The fourth-order valence-electron chi connectivity index (χ4n) is 9.02. The summed E-state index contributed by atoms with van der Waals surface area (Å²) < 4.78 is 1.96. The number of hydrogen-bond acceptors (Lipinski definition) is 3. The molecule has 0 atom stereocenters. The Labute approximate surface area is 412 Å². The van der Waals surface area contributed by atoms with Gasteiger partial charge >= 0.3 is 20.1 Å². The van der Waals surface area contributed by atoms with Gasteiger partial charge in [-0.05, 0) is 98.0 Å². The van der Waals surface area contributed by atoms with Crippen LogP contribution in [0.3, 0.4) is 0 Å². The van der Waals surface area contributed by atoms with E-state index < -0.39 is 0 Å². The van der Waals surface area contributed by atoms with Crippen molar-refractivity contribution in [1.29, 1.82) is 0 Å². The topological polar surface area (TPSA) is 43.6 Å². The number of nitrogens with zero attached hydrogens (tertiary/aromatic N) is 4. The zero-order chi connectivity index (χ0) is 44.8. The van der Waals surface area contributed by atoms with Crippen molar-refractivity contribution in [2.24, 2.45) is 0 Å². The third-order valence-electron chi connectivity index (χ3n) is 12.6. The number of para-hydroxylation sites is 1. The SMILES string of the molecule is [Ir+3].[c-]1ccccc1-c1ccc(CCc2cc(CCc3c[c-]c(-n4ncc5ccccc54)cc3)cc(-c3ccccc3-c3cnc(-c4[c-]cccc4)cc3-c3ccc(-c4ccccc4)cc3)c2)cn1. The molecule has 0 N–H and O–H groups in total. The average molecular weight is 1050 g/mol. The molecule has 0 aliphatic heterocycles. The van der Waals surface area contributed by atoms with Gasteiger partial charge in [-0.25, -0.2) is 0 Å². The largest absolute Gasteiger partial charge is 3.00 e. The van der Waals surface area contributed by atoms with Crippen LogP contribution in [0.25, 0.3) is 83.6 Å².